The summed E-state index contributed by atoms with van der Waals surface area (Å²) in [6.07, 6.45) is 1.80. The fourth-order valence-corrected chi connectivity index (χ4v) is 4.04. The maximum absolute atomic E-state index is 6.32. The lowest BCUT2D eigenvalue weighted by Crippen LogP contribution is -2.01. The third-order valence-electron chi connectivity index (χ3n) is 3.52. The zero-order valence-electron chi connectivity index (χ0n) is 13.1. The van der Waals surface area contributed by atoms with E-state index < -0.39 is 0 Å². The van der Waals surface area contributed by atoms with Gasteiger partial charge in [0, 0.05) is 27.9 Å². The van der Waals surface area contributed by atoms with Crippen LogP contribution >= 0.6 is 46.6 Å². The predicted octanol–water partition coefficient (Wildman–Crippen LogP) is 6.38. The quantitative estimate of drug-likeness (QED) is 0.349. The number of halogens is 3. The van der Waals surface area contributed by atoms with Gasteiger partial charge in [0.1, 0.15) is 0 Å². The molecule has 0 unspecified atom stereocenters. The van der Waals surface area contributed by atoms with Gasteiger partial charge in [-0.15, -0.1) is 16.8 Å². The van der Waals surface area contributed by atoms with Gasteiger partial charge in [-0.2, -0.15) is 0 Å². The summed E-state index contributed by atoms with van der Waals surface area (Å²) in [5, 5.41) is 11.3. The molecule has 0 aliphatic carbocycles. The Labute approximate surface area is 165 Å². The standard InChI is InChI=1S/C18H14Cl3N3S/c1-2-9-24-17(14-8-7-13(19)10-16(14)21)22-23-18(24)25-11-12-5-3-4-6-15(12)20/h2-8,10H,1,9,11H2. The van der Waals surface area contributed by atoms with Gasteiger partial charge in [0.2, 0.25) is 0 Å². The lowest BCUT2D eigenvalue weighted by Gasteiger charge is -2.09. The number of nitrogens with zero attached hydrogens (tertiary/aromatic N) is 3. The molecular formula is C18H14Cl3N3S. The topological polar surface area (TPSA) is 30.7 Å². The van der Waals surface area contributed by atoms with Crippen LogP contribution in [-0.4, -0.2) is 14.8 Å². The van der Waals surface area contributed by atoms with Crippen molar-refractivity contribution in [2.45, 2.75) is 17.5 Å². The highest BCUT2D eigenvalue weighted by atomic mass is 35.5. The van der Waals surface area contributed by atoms with Gasteiger partial charge in [-0.05, 0) is 29.8 Å². The summed E-state index contributed by atoms with van der Waals surface area (Å²) in [5.74, 6) is 1.38. The molecule has 0 saturated carbocycles. The Kier molecular flexibility index (Phi) is 6.07. The maximum atomic E-state index is 6.32. The van der Waals surface area contributed by atoms with Crippen LogP contribution in [0.4, 0.5) is 0 Å². The van der Waals surface area contributed by atoms with Crippen LogP contribution in [0, 0.1) is 0 Å². The molecule has 1 heterocycles. The van der Waals surface area contributed by atoms with E-state index in [2.05, 4.69) is 16.8 Å². The van der Waals surface area contributed by atoms with Crippen LogP contribution in [0.2, 0.25) is 15.1 Å². The monoisotopic (exact) mass is 409 g/mol. The zero-order valence-corrected chi connectivity index (χ0v) is 16.2. The van der Waals surface area contributed by atoms with E-state index in [9.17, 15) is 0 Å². The molecule has 0 amide bonds. The number of allylic oxidation sites excluding steroid dienone is 1. The minimum absolute atomic E-state index is 0.535. The molecule has 0 aliphatic rings. The van der Waals surface area contributed by atoms with Crippen molar-refractivity contribution in [3.05, 3.63) is 75.8 Å². The first-order valence-electron chi connectivity index (χ1n) is 7.46. The molecule has 0 N–H and O–H groups in total. The van der Waals surface area contributed by atoms with Crippen LogP contribution in [0.25, 0.3) is 11.4 Å². The number of hydrogen-bond donors (Lipinski definition) is 0. The second-order valence-electron chi connectivity index (χ2n) is 5.21. The first kappa shape index (κ1) is 18.3. The Hall–Kier alpha value is -1.46. The van der Waals surface area contributed by atoms with Crippen molar-refractivity contribution in [2.75, 3.05) is 0 Å². The van der Waals surface area contributed by atoms with E-state index in [0.29, 0.717) is 28.2 Å². The van der Waals surface area contributed by atoms with Crippen molar-refractivity contribution in [2.24, 2.45) is 0 Å². The molecule has 2 aromatic carbocycles. The van der Waals surface area contributed by atoms with Crippen molar-refractivity contribution >= 4 is 46.6 Å². The fraction of sp³-hybridized carbons (Fsp3) is 0.111. The molecule has 3 rings (SSSR count). The van der Waals surface area contributed by atoms with Crippen molar-refractivity contribution in [3.8, 4) is 11.4 Å². The summed E-state index contributed by atoms with van der Waals surface area (Å²) in [4.78, 5) is 0. The lowest BCUT2D eigenvalue weighted by molar-refractivity contribution is 0.731. The first-order chi connectivity index (χ1) is 12.1. The van der Waals surface area contributed by atoms with Crippen LogP contribution in [0.15, 0.2) is 60.3 Å². The largest absolute Gasteiger partial charge is 0.298 e. The first-order valence-corrected chi connectivity index (χ1v) is 9.58. The van der Waals surface area contributed by atoms with Crippen LogP contribution in [0.1, 0.15) is 5.56 Å². The Morgan fingerprint density at radius 1 is 1.04 bits per heavy atom. The molecule has 25 heavy (non-hydrogen) atoms. The van der Waals surface area contributed by atoms with Crippen molar-refractivity contribution in [1.82, 2.24) is 14.8 Å². The Balaban J connectivity index is 1.92. The van der Waals surface area contributed by atoms with E-state index in [1.54, 1.807) is 30.0 Å². The molecule has 0 atom stereocenters. The Bertz CT molecular complexity index is 908. The maximum Gasteiger partial charge on any atom is 0.192 e. The summed E-state index contributed by atoms with van der Waals surface area (Å²) in [6, 6.07) is 13.1. The zero-order chi connectivity index (χ0) is 17.8. The van der Waals surface area contributed by atoms with E-state index in [4.69, 9.17) is 34.8 Å². The summed E-state index contributed by atoms with van der Waals surface area (Å²) in [6.45, 7) is 4.40. The number of rotatable bonds is 6. The van der Waals surface area contributed by atoms with Crippen molar-refractivity contribution < 1.29 is 0 Å². The molecule has 0 spiro atoms. The molecule has 0 radical (unpaired) electrons. The van der Waals surface area contributed by atoms with Gasteiger partial charge >= 0.3 is 0 Å². The number of aromatic nitrogens is 3. The van der Waals surface area contributed by atoms with E-state index in [0.717, 1.165) is 21.3 Å². The Morgan fingerprint density at radius 3 is 2.56 bits per heavy atom. The Morgan fingerprint density at radius 2 is 1.84 bits per heavy atom. The molecule has 0 saturated heterocycles. The highest BCUT2D eigenvalue weighted by Crippen LogP contribution is 2.32. The molecule has 3 nitrogen and oxygen atoms in total. The second-order valence-corrected chi connectivity index (χ2v) is 7.40. The third kappa shape index (κ3) is 4.21. The summed E-state index contributed by atoms with van der Waals surface area (Å²) < 4.78 is 1.98. The van der Waals surface area contributed by atoms with E-state index in [1.165, 1.54) is 0 Å². The molecule has 128 valence electrons. The predicted molar refractivity (Wildman–Crippen MR) is 107 cm³/mol. The van der Waals surface area contributed by atoms with Crippen molar-refractivity contribution in [1.29, 1.82) is 0 Å². The van der Waals surface area contributed by atoms with Gasteiger partial charge in [-0.1, -0.05) is 70.8 Å². The smallest absolute Gasteiger partial charge is 0.192 e. The average Bonchev–Trinajstić information content (AvgIpc) is 2.97. The highest BCUT2D eigenvalue weighted by Gasteiger charge is 2.16. The molecule has 0 aliphatic heterocycles. The van der Waals surface area contributed by atoms with E-state index >= 15 is 0 Å². The fourth-order valence-electron chi connectivity index (χ4n) is 2.32. The van der Waals surface area contributed by atoms with Crippen LogP contribution < -0.4 is 0 Å². The van der Waals surface area contributed by atoms with Gasteiger partial charge < -0.3 is 0 Å². The normalized spacial score (nSPS) is 10.8. The molecular weight excluding hydrogens is 397 g/mol. The summed E-state index contributed by atoms with van der Waals surface area (Å²) in [7, 11) is 0. The minimum Gasteiger partial charge on any atom is -0.298 e. The number of hydrogen-bond acceptors (Lipinski definition) is 3. The SMILES string of the molecule is C=CCn1c(SCc2ccccc2Cl)nnc1-c1ccc(Cl)cc1Cl. The average molecular weight is 411 g/mol. The van der Waals surface area contributed by atoms with Gasteiger partial charge in [0.05, 0.1) is 5.02 Å². The van der Waals surface area contributed by atoms with Gasteiger partial charge in [0.25, 0.3) is 0 Å². The minimum atomic E-state index is 0.535. The van der Waals surface area contributed by atoms with Gasteiger partial charge in [-0.3, -0.25) is 4.57 Å². The van der Waals surface area contributed by atoms with Crippen LogP contribution in [-0.2, 0) is 12.3 Å². The molecule has 0 bridgehead atoms. The van der Waals surface area contributed by atoms with Crippen LogP contribution in [0.3, 0.4) is 0 Å². The molecule has 0 fully saturated rings. The summed E-state index contributed by atoms with van der Waals surface area (Å²) in [5.41, 5.74) is 1.83. The lowest BCUT2D eigenvalue weighted by atomic mass is 10.2. The second kappa shape index (κ2) is 8.28. The van der Waals surface area contributed by atoms with Gasteiger partial charge in [0.15, 0.2) is 11.0 Å². The number of thioether (sulfide) groups is 1. The highest BCUT2D eigenvalue weighted by molar-refractivity contribution is 7.98. The third-order valence-corrected chi connectivity index (χ3v) is 5.45. The van der Waals surface area contributed by atoms with Gasteiger partial charge in [-0.25, -0.2) is 0 Å². The molecule has 1 aromatic heterocycles. The van der Waals surface area contributed by atoms with Crippen LogP contribution in [0.5, 0.6) is 0 Å². The van der Waals surface area contributed by atoms with E-state index in [1.807, 2.05) is 34.9 Å². The summed E-state index contributed by atoms with van der Waals surface area (Å²) >= 11 is 20.1. The van der Waals surface area contributed by atoms with E-state index in [-0.39, 0.29) is 0 Å². The number of benzene rings is 2. The molecule has 7 heteroatoms. The molecule has 3 aromatic rings. The van der Waals surface area contributed by atoms with Crippen molar-refractivity contribution in [3.63, 3.8) is 0 Å².